The lowest BCUT2D eigenvalue weighted by Gasteiger charge is -2.24. The zero-order valence-corrected chi connectivity index (χ0v) is 77.6. The van der Waals surface area contributed by atoms with Crippen molar-refractivity contribution in [1.29, 1.82) is 0 Å². The Bertz CT molecular complexity index is 4720. The van der Waals surface area contributed by atoms with Gasteiger partial charge in [-0.1, -0.05) is 286 Å². The van der Waals surface area contributed by atoms with E-state index in [9.17, 15) is 36.8 Å². The van der Waals surface area contributed by atoms with Crippen molar-refractivity contribution in [3.8, 4) is 11.1 Å². The minimum atomic E-state index is -3.32. The SMILES string of the molecule is CC(C)(C)C(=O)CC1CCCCC1.CC(C)(C)C(=O)c1cccn1C1CC1.CC(C)(C)Cc1ccc2ccccc2n1.Cc1cc(C(=O)C(C)(C)C)nn1C.Cc1ccc(-c2cccc(S(=O)(=O)C(C)(C)C)c2)cc1.Cc1ccc(CC(=O)C(C)(C)C)c(F)c1.Cc1cccc(CC(C)(C)C)c1.Cc1nc(CC(=O)C(C)(C)C)cs1. The molecule has 0 amide bonds. The Morgan fingerprint density at radius 3 is 1.53 bits per heavy atom. The van der Waals surface area contributed by atoms with E-state index in [0.717, 1.165) is 63.6 Å². The monoisotopic (exact) mass is 1610 g/mol. The molecule has 0 saturated heterocycles. The van der Waals surface area contributed by atoms with E-state index >= 15 is 0 Å². The van der Waals surface area contributed by atoms with E-state index in [2.05, 4.69) is 117 Å². The molecule has 2 fully saturated rings. The topological polar surface area (TPSA) is 168 Å². The number of para-hydroxylation sites is 1. The molecule has 11 rings (SSSR count). The van der Waals surface area contributed by atoms with Crippen molar-refractivity contribution in [2.45, 2.75) is 294 Å². The molecule has 0 atom stereocenters. The second-order valence-corrected chi connectivity index (χ2v) is 43.8. The Hall–Kier alpha value is -8.14. The third kappa shape index (κ3) is 35.3. The van der Waals surface area contributed by atoms with E-state index in [1.165, 1.54) is 78.8 Å². The second kappa shape index (κ2) is 42.3. The number of sulfone groups is 1. The summed E-state index contributed by atoms with van der Waals surface area (Å²) in [6.07, 6.45) is 14.7. The number of halogens is 1. The summed E-state index contributed by atoms with van der Waals surface area (Å²) in [6, 6.07) is 47.8. The van der Waals surface area contributed by atoms with Crippen LogP contribution in [-0.2, 0) is 57.0 Å². The molecule has 2 saturated carbocycles. The first-order valence-electron chi connectivity index (χ1n) is 41.1. The van der Waals surface area contributed by atoms with Crippen LogP contribution >= 0.6 is 11.3 Å². The van der Waals surface area contributed by atoms with E-state index < -0.39 is 20.0 Å². The first-order valence-corrected chi connectivity index (χ1v) is 43.5. The number of rotatable bonds is 13. The van der Waals surface area contributed by atoms with Gasteiger partial charge in [0.05, 0.1) is 38.0 Å². The van der Waals surface area contributed by atoms with Crippen LogP contribution in [0.1, 0.15) is 294 Å². The highest BCUT2D eigenvalue weighted by atomic mass is 32.2. The fourth-order valence-corrected chi connectivity index (χ4v) is 13.8. The van der Waals surface area contributed by atoms with Crippen LogP contribution < -0.4 is 0 Å². The molecule has 628 valence electrons. The first kappa shape index (κ1) is 99.2. The van der Waals surface area contributed by atoms with E-state index in [0.29, 0.717) is 51.1 Å². The van der Waals surface area contributed by atoms with Gasteiger partial charge in [0.15, 0.2) is 21.4 Å². The van der Waals surface area contributed by atoms with Crippen LogP contribution in [0.25, 0.3) is 22.0 Å². The van der Waals surface area contributed by atoms with Gasteiger partial charge in [0.2, 0.25) is 0 Å². The summed E-state index contributed by atoms with van der Waals surface area (Å²) >= 11 is 1.59. The Morgan fingerprint density at radius 2 is 1.03 bits per heavy atom. The molecule has 9 aromatic rings. The number of carbonyl (C=O) groups excluding carboxylic acids is 5. The molecular weight excluding hydrogens is 1470 g/mol. The first-order chi connectivity index (χ1) is 52.7. The van der Waals surface area contributed by atoms with Gasteiger partial charge in [0, 0.05) is 81.4 Å². The number of Topliss-reactive ketones (excluding diaryl/α,β-unsaturated/α-hetero) is 5. The largest absolute Gasteiger partial charge is 0.342 e. The Balaban J connectivity index is 0.000000278. The molecule has 0 N–H and O–H groups in total. The fourth-order valence-electron chi connectivity index (χ4n) is 11.9. The van der Waals surface area contributed by atoms with E-state index in [1.54, 1.807) is 61.1 Å². The summed E-state index contributed by atoms with van der Waals surface area (Å²) in [5.41, 5.74) is 12.2. The van der Waals surface area contributed by atoms with Crippen LogP contribution in [0.2, 0.25) is 0 Å². The normalized spacial score (nSPS) is 13.5. The third-order valence-corrected chi connectivity index (χ3v) is 22.8. The minimum absolute atomic E-state index is 0.0604. The van der Waals surface area contributed by atoms with E-state index in [1.807, 2.05) is 217 Å². The highest BCUT2D eigenvalue weighted by Gasteiger charge is 2.33. The molecule has 0 radical (unpaired) electrons. The van der Waals surface area contributed by atoms with Gasteiger partial charge in [-0.2, -0.15) is 5.10 Å². The van der Waals surface area contributed by atoms with Crippen molar-refractivity contribution in [2.75, 3.05) is 0 Å². The number of hydrogen-bond acceptors (Lipinski definition) is 11. The van der Waals surface area contributed by atoms with Crippen molar-refractivity contribution in [3.63, 3.8) is 0 Å². The molecule has 5 aromatic carbocycles. The van der Waals surface area contributed by atoms with Gasteiger partial charge in [-0.25, -0.2) is 17.8 Å². The number of aromatic nitrogens is 5. The lowest BCUT2D eigenvalue weighted by molar-refractivity contribution is -0.127. The summed E-state index contributed by atoms with van der Waals surface area (Å²) in [6.45, 7) is 57.7. The third-order valence-electron chi connectivity index (χ3n) is 19.5. The number of thiazole rings is 1. The van der Waals surface area contributed by atoms with Crippen LogP contribution in [0.15, 0.2) is 162 Å². The summed E-state index contributed by atoms with van der Waals surface area (Å²) in [5, 5.41) is 8.34. The van der Waals surface area contributed by atoms with Crippen molar-refractivity contribution in [2.24, 2.45) is 50.9 Å². The predicted molar refractivity (Wildman–Crippen MR) is 481 cm³/mol. The van der Waals surface area contributed by atoms with Crippen LogP contribution in [-0.4, -0.2) is 66.4 Å². The minimum Gasteiger partial charge on any atom is -0.342 e. The molecule has 0 bridgehead atoms. The highest BCUT2D eigenvalue weighted by Crippen LogP contribution is 2.38. The van der Waals surface area contributed by atoms with Crippen LogP contribution in [0, 0.1) is 84.3 Å². The molecule has 4 aromatic heterocycles. The fraction of sp³-hybridized carbons (Fsp3) is 0.520. The second-order valence-electron chi connectivity index (χ2n) is 40.0. The zero-order chi connectivity index (χ0) is 87.2. The standard InChI is InChI=1S/C17H20O2S.C14H17N.C13H17FO.C12H17NO.C12H22O.C12H18.C10H16N2O.C10H15NOS/c1-13-8-10-14(11-9-13)15-6-5-7-16(12-15)20(18,19)17(2,3)4;1-14(2,3)10-12-9-8-11-6-4-5-7-13(11)15-12;1-9-5-6-10(11(14)7-9)8-12(15)13(2,3)4;1-12(2,3)11(14)10-5-4-8-13(10)9-6-7-9;1-12(2,3)11(13)9-10-7-5-4-6-8-10;1-10-6-5-7-11(8-10)9-12(2,3)4;1-7-6-8(11-12(7)5)9(13)10(2,3)4;1-7-11-8(6-13-7)5-9(12)10(2,3)4/h5-12H,1-4H3;4-9H,10H2,1-3H3;5-7H,8H2,1-4H3;4-5,8-9H,6-7H2,1-3H3;10H,4-9H2,1-3H3;5-8H,9H2,1-4H3;6H,1-5H3;6H,5H2,1-4H3. The molecule has 2 aliphatic carbocycles. The van der Waals surface area contributed by atoms with Gasteiger partial charge in [0.25, 0.3) is 0 Å². The Labute approximate surface area is 697 Å². The van der Waals surface area contributed by atoms with Gasteiger partial charge in [-0.05, 0) is 174 Å². The van der Waals surface area contributed by atoms with E-state index in [4.69, 9.17) is 0 Å². The quantitative estimate of drug-likeness (QED) is 0.101. The molecular formula is C100H142FN5O7S2. The maximum Gasteiger partial charge on any atom is 0.188 e. The molecule has 0 unspecified atom stereocenters. The molecule has 0 aliphatic heterocycles. The van der Waals surface area contributed by atoms with Crippen molar-refractivity contribution < 1.29 is 36.8 Å². The summed E-state index contributed by atoms with van der Waals surface area (Å²) in [5.74, 6) is 1.50. The van der Waals surface area contributed by atoms with Crippen LogP contribution in [0.5, 0.6) is 0 Å². The Kier molecular flexibility index (Phi) is 36.5. The van der Waals surface area contributed by atoms with Crippen molar-refractivity contribution in [1.82, 2.24) is 24.3 Å². The maximum absolute atomic E-state index is 13.4. The summed E-state index contributed by atoms with van der Waals surface area (Å²) in [4.78, 5) is 68.2. The summed E-state index contributed by atoms with van der Waals surface area (Å²) < 4.78 is 41.5. The van der Waals surface area contributed by atoms with Crippen molar-refractivity contribution >= 4 is 61.0 Å². The number of fused-ring (bicyclic) bond motifs is 1. The average Bonchev–Trinajstić information content (AvgIpc) is 1.60. The smallest absolute Gasteiger partial charge is 0.188 e. The van der Waals surface area contributed by atoms with Crippen LogP contribution in [0.3, 0.4) is 0 Å². The number of benzene rings is 5. The predicted octanol–water partition coefficient (Wildman–Crippen LogP) is 26.1. The molecule has 4 heterocycles. The van der Waals surface area contributed by atoms with Crippen molar-refractivity contribution in [3.05, 3.63) is 224 Å². The number of nitrogens with zero attached hydrogens (tertiary/aromatic N) is 5. The number of aryl methyl sites for hydroxylation is 6. The van der Waals surface area contributed by atoms with Gasteiger partial charge in [-0.3, -0.25) is 33.6 Å². The lowest BCUT2D eigenvalue weighted by atomic mass is 9.80. The average molecular weight is 1610 g/mol. The maximum atomic E-state index is 13.4. The lowest BCUT2D eigenvalue weighted by Crippen LogP contribution is -2.27. The number of hydrogen-bond donors (Lipinski definition) is 0. The number of carbonyl (C=O) groups is 5. The van der Waals surface area contributed by atoms with Gasteiger partial charge in [-0.15, -0.1) is 11.3 Å². The van der Waals surface area contributed by atoms with Gasteiger partial charge < -0.3 is 4.57 Å². The number of pyridine rings is 1. The molecule has 15 heteroatoms. The molecule has 2 aliphatic rings. The zero-order valence-electron chi connectivity index (χ0n) is 75.9. The highest BCUT2D eigenvalue weighted by molar-refractivity contribution is 7.92. The molecule has 115 heavy (non-hydrogen) atoms. The molecule has 0 spiro atoms. The van der Waals surface area contributed by atoms with E-state index in [-0.39, 0.29) is 57.0 Å². The number of ketones is 5. The van der Waals surface area contributed by atoms with Gasteiger partial charge in [0.1, 0.15) is 28.9 Å². The Morgan fingerprint density at radius 1 is 0.487 bits per heavy atom. The summed E-state index contributed by atoms with van der Waals surface area (Å²) in [7, 11) is -1.47. The van der Waals surface area contributed by atoms with Gasteiger partial charge >= 0.3 is 0 Å². The molecule has 12 nitrogen and oxygen atoms in total. The van der Waals surface area contributed by atoms with Crippen LogP contribution in [0.4, 0.5) is 4.39 Å².